The third-order valence-corrected chi connectivity index (χ3v) is 2.23. The topological polar surface area (TPSA) is 85.8 Å². The summed E-state index contributed by atoms with van der Waals surface area (Å²) in [5.74, 6) is -0.210. The lowest BCUT2D eigenvalue weighted by Gasteiger charge is -2.08. The van der Waals surface area contributed by atoms with Gasteiger partial charge < -0.3 is 11.1 Å². The Balaban J connectivity index is 2.11. The molecule has 1 aromatic heterocycles. The average Bonchev–Trinajstić information content (AvgIpc) is 2.83. The van der Waals surface area contributed by atoms with Gasteiger partial charge in [-0.1, -0.05) is 0 Å². The number of benzene rings is 1. The Morgan fingerprint density at radius 3 is 2.65 bits per heavy atom. The molecule has 1 aromatic carbocycles. The van der Waals surface area contributed by atoms with Crippen LogP contribution in [0, 0.1) is 0 Å². The van der Waals surface area contributed by atoms with Crippen LogP contribution in [0.5, 0.6) is 0 Å². The van der Waals surface area contributed by atoms with E-state index >= 15 is 0 Å². The number of nitrogens with one attached hydrogen (secondary N) is 1. The molecule has 88 valence electrons. The molecule has 0 aliphatic rings. The second kappa shape index (κ2) is 4.75. The molecule has 1 amide bonds. The summed E-state index contributed by atoms with van der Waals surface area (Å²) in [5, 5.41) is 6.71. The van der Waals surface area contributed by atoms with Crippen molar-refractivity contribution in [1.82, 2.24) is 14.8 Å². The van der Waals surface area contributed by atoms with Crippen LogP contribution in [0.25, 0.3) is 5.69 Å². The van der Waals surface area contributed by atoms with Crippen LogP contribution >= 0.6 is 0 Å². The number of nitrogens with zero attached hydrogens (tertiary/aromatic N) is 3. The summed E-state index contributed by atoms with van der Waals surface area (Å²) in [6, 6.07) is 6.73. The maximum Gasteiger partial charge on any atom is 0.240 e. The Morgan fingerprint density at radius 2 is 2.12 bits per heavy atom. The molecule has 6 nitrogen and oxygen atoms in total. The standard InChI is InChI=1S/C11H13N5O/c1-8(12)11(17)15-9-2-4-10(5-3-9)16-7-13-6-14-16/h2-8H,12H2,1H3,(H,15,17). The van der Waals surface area contributed by atoms with Crippen LogP contribution in [0.4, 0.5) is 5.69 Å². The lowest BCUT2D eigenvalue weighted by Crippen LogP contribution is -2.32. The first-order valence-electron chi connectivity index (χ1n) is 5.18. The third kappa shape index (κ3) is 2.67. The molecule has 1 atom stereocenters. The van der Waals surface area contributed by atoms with Crippen molar-refractivity contribution >= 4 is 11.6 Å². The van der Waals surface area contributed by atoms with Crippen molar-refractivity contribution in [3.05, 3.63) is 36.9 Å². The van der Waals surface area contributed by atoms with Crippen molar-refractivity contribution in [3.63, 3.8) is 0 Å². The summed E-state index contributed by atoms with van der Waals surface area (Å²) in [4.78, 5) is 15.2. The zero-order valence-electron chi connectivity index (χ0n) is 9.37. The van der Waals surface area contributed by atoms with Crippen LogP contribution in [0.15, 0.2) is 36.9 Å². The normalized spacial score (nSPS) is 12.1. The monoisotopic (exact) mass is 231 g/mol. The van der Waals surface area contributed by atoms with Crippen LogP contribution in [-0.4, -0.2) is 26.7 Å². The summed E-state index contributed by atoms with van der Waals surface area (Å²) in [6.07, 6.45) is 3.07. The highest BCUT2D eigenvalue weighted by atomic mass is 16.2. The van der Waals surface area contributed by atoms with Gasteiger partial charge >= 0.3 is 0 Å². The van der Waals surface area contributed by atoms with Crippen LogP contribution in [-0.2, 0) is 4.79 Å². The minimum Gasteiger partial charge on any atom is -0.325 e. The Morgan fingerprint density at radius 1 is 1.41 bits per heavy atom. The molecule has 0 aliphatic heterocycles. The van der Waals surface area contributed by atoms with Gasteiger partial charge in [-0.3, -0.25) is 4.79 Å². The average molecular weight is 231 g/mol. The van der Waals surface area contributed by atoms with Gasteiger partial charge in [0, 0.05) is 5.69 Å². The zero-order chi connectivity index (χ0) is 12.3. The van der Waals surface area contributed by atoms with Gasteiger partial charge in [-0.05, 0) is 31.2 Å². The molecule has 0 radical (unpaired) electrons. The zero-order valence-corrected chi connectivity index (χ0v) is 9.37. The smallest absolute Gasteiger partial charge is 0.240 e. The quantitative estimate of drug-likeness (QED) is 0.807. The Kier molecular flexibility index (Phi) is 3.15. The van der Waals surface area contributed by atoms with Crippen molar-refractivity contribution in [2.45, 2.75) is 13.0 Å². The fraction of sp³-hybridized carbons (Fsp3) is 0.182. The molecular weight excluding hydrogens is 218 g/mol. The van der Waals surface area contributed by atoms with E-state index in [0.717, 1.165) is 5.69 Å². The van der Waals surface area contributed by atoms with Crippen molar-refractivity contribution in [2.75, 3.05) is 5.32 Å². The first kappa shape index (κ1) is 11.3. The maximum absolute atomic E-state index is 11.4. The lowest BCUT2D eigenvalue weighted by atomic mass is 10.2. The second-order valence-corrected chi connectivity index (χ2v) is 3.66. The molecule has 6 heteroatoms. The lowest BCUT2D eigenvalue weighted by molar-refractivity contribution is -0.117. The first-order valence-corrected chi connectivity index (χ1v) is 5.18. The van der Waals surface area contributed by atoms with Crippen molar-refractivity contribution < 1.29 is 4.79 Å². The summed E-state index contributed by atoms with van der Waals surface area (Å²) >= 11 is 0. The molecule has 1 unspecified atom stereocenters. The molecule has 1 heterocycles. The fourth-order valence-corrected chi connectivity index (χ4v) is 1.30. The number of aromatic nitrogens is 3. The number of hydrogen-bond acceptors (Lipinski definition) is 4. The molecule has 3 N–H and O–H groups in total. The van der Waals surface area contributed by atoms with Crippen LogP contribution in [0.2, 0.25) is 0 Å². The molecule has 0 fully saturated rings. The van der Waals surface area contributed by atoms with Crippen LogP contribution < -0.4 is 11.1 Å². The van der Waals surface area contributed by atoms with Crippen molar-refractivity contribution in [3.8, 4) is 5.69 Å². The van der Waals surface area contributed by atoms with Gasteiger partial charge in [0.25, 0.3) is 0 Å². The summed E-state index contributed by atoms with van der Waals surface area (Å²) in [5.41, 5.74) is 7.04. The fourth-order valence-electron chi connectivity index (χ4n) is 1.30. The number of carbonyl (C=O) groups is 1. The molecule has 2 aromatic rings. The third-order valence-electron chi connectivity index (χ3n) is 2.23. The van der Waals surface area contributed by atoms with E-state index < -0.39 is 6.04 Å². The van der Waals surface area contributed by atoms with E-state index in [1.165, 1.54) is 6.33 Å². The summed E-state index contributed by atoms with van der Waals surface area (Å²) in [6.45, 7) is 1.64. The molecule has 0 spiro atoms. The Hall–Kier alpha value is -2.21. The van der Waals surface area contributed by atoms with Crippen molar-refractivity contribution in [1.29, 1.82) is 0 Å². The molecule has 0 bridgehead atoms. The number of carbonyl (C=O) groups excluding carboxylic acids is 1. The van der Waals surface area contributed by atoms with Crippen molar-refractivity contribution in [2.24, 2.45) is 5.73 Å². The first-order chi connectivity index (χ1) is 8.16. The molecule has 0 saturated heterocycles. The van der Waals surface area contributed by atoms with E-state index in [4.69, 9.17) is 5.73 Å². The Labute approximate surface area is 98.5 Å². The Bertz CT molecular complexity index is 489. The second-order valence-electron chi connectivity index (χ2n) is 3.66. The molecule has 0 saturated carbocycles. The van der Waals surface area contributed by atoms with E-state index in [-0.39, 0.29) is 5.91 Å². The molecule has 17 heavy (non-hydrogen) atoms. The summed E-state index contributed by atoms with van der Waals surface area (Å²) < 4.78 is 1.64. The van der Waals surface area contributed by atoms with E-state index in [0.29, 0.717) is 5.69 Å². The van der Waals surface area contributed by atoms with E-state index in [1.54, 1.807) is 30.1 Å². The maximum atomic E-state index is 11.4. The highest BCUT2D eigenvalue weighted by Gasteiger charge is 2.07. The molecule has 0 aliphatic carbocycles. The van der Waals surface area contributed by atoms with E-state index in [1.807, 2.05) is 12.1 Å². The number of rotatable bonds is 3. The highest BCUT2D eigenvalue weighted by molar-refractivity contribution is 5.94. The van der Waals surface area contributed by atoms with Crippen LogP contribution in [0.3, 0.4) is 0 Å². The number of anilines is 1. The van der Waals surface area contributed by atoms with Gasteiger partial charge in [0.05, 0.1) is 11.7 Å². The molecular formula is C11H13N5O. The highest BCUT2D eigenvalue weighted by Crippen LogP contribution is 2.12. The van der Waals surface area contributed by atoms with Crippen LogP contribution in [0.1, 0.15) is 6.92 Å². The predicted octanol–water partition coefficient (Wildman–Crippen LogP) is 0.553. The largest absolute Gasteiger partial charge is 0.325 e. The summed E-state index contributed by atoms with van der Waals surface area (Å²) in [7, 11) is 0. The minimum atomic E-state index is -0.523. The molecule has 2 rings (SSSR count). The van der Waals surface area contributed by atoms with Gasteiger partial charge in [0.15, 0.2) is 0 Å². The van der Waals surface area contributed by atoms with Gasteiger partial charge in [-0.15, -0.1) is 0 Å². The number of amides is 1. The van der Waals surface area contributed by atoms with Gasteiger partial charge in [-0.2, -0.15) is 5.10 Å². The number of hydrogen-bond donors (Lipinski definition) is 2. The minimum absolute atomic E-state index is 0.210. The SMILES string of the molecule is CC(N)C(=O)Nc1ccc(-n2cncn2)cc1. The predicted molar refractivity (Wildman–Crippen MR) is 63.6 cm³/mol. The van der Waals surface area contributed by atoms with Gasteiger partial charge in [0.1, 0.15) is 12.7 Å². The van der Waals surface area contributed by atoms with E-state index in [9.17, 15) is 4.79 Å². The van der Waals surface area contributed by atoms with Gasteiger partial charge in [0.2, 0.25) is 5.91 Å². The van der Waals surface area contributed by atoms with E-state index in [2.05, 4.69) is 15.4 Å². The van der Waals surface area contributed by atoms with Gasteiger partial charge in [-0.25, -0.2) is 9.67 Å². The number of nitrogens with two attached hydrogens (primary N) is 1.